The maximum absolute atomic E-state index is 12.9. The van der Waals surface area contributed by atoms with Gasteiger partial charge in [-0.05, 0) is 39.2 Å². The van der Waals surface area contributed by atoms with Gasteiger partial charge in [-0.1, -0.05) is 0 Å². The van der Waals surface area contributed by atoms with Crippen molar-refractivity contribution in [3.63, 3.8) is 0 Å². The van der Waals surface area contributed by atoms with Crippen molar-refractivity contribution >= 4 is 17.7 Å². The van der Waals surface area contributed by atoms with Gasteiger partial charge in [-0.3, -0.25) is 19.3 Å². The smallest absolute Gasteiger partial charge is 0.231 e. The van der Waals surface area contributed by atoms with Gasteiger partial charge in [0.25, 0.3) is 0 Å². The Hall–Kier alpha value is -1.63. The number of carbonyl (C=O) groups is 3. The highest BCUT2D eigenvalue weighted by Gasteiger charge is 2.45. The largest absolute Gasteiger partial charge is 0.369 e. The molecule has 0 radical (unpaired) electrons. The van der Waals surface area contributed by atoms with E-state index in [9.17, 15) is 14.4 Å². The third-order valence-electron chi connectivity index (χ3n) is 6.16. The number of nitrogens with zero attached hydrogens (tertiary/aromatic N) is 3. The Morgan fingerprint density at radius 3 is 2.56 bits per heavy atom. The number of carbonyl (C=O) groups excluding carboxylic acids is 3. The van der Waals surface area contributed by atoms with Gasteiger partial charge in [-0.15, -0.1) is 0 Å². The van der Waals surface area contributed by atoms with E-state index in [4.69, 9.17) is 5.73 Å². The zero-order valence-corrected chi connectivity index (χ0v) is 15.2. The van der Waals surface area contributed by atoms with Crippen LogP contribution in [0.15, 0.2) is 0 Å². The van der Waals surface area contributed by atoms with Crippen molar-refractivity contribution in [2.75, 3.05) is 45.8 Å². The lowest BCUT2D eigenvalue weighted by atomic mass is 9.77. The fourth-order valence-electron chi connectivity index (χ4n) is 4.69. The number of amides is 3. The molecule has 140 valence electrons. The molecule has 3 saturated heterocycles. The van der Waals surface area contributed by atoms with Gasteiger partial charge in [0, 0.05) is 44.6 Å². The summed E-state index contributed by atoms with van der Waals surface area (Å²) in [5.74, 6) is 0.108. The van der Waals surface area contributed by atoms with E-state index in [0.29, 0.717) is 13.0 Å². The zero-order chi connectivity index (χ0) is 18.0. The topological polar surface area (TPSA) is 86.9 Å². The lowest BCUT2D eigenvalue weighted by Crippen LogP contribution is -2.50. The number of nitrogens with two attached hydrogens (primary N) is 1. The second-order valence-electron chi connectivity index (χ2n) is 7.95. The first kappa shape index (κ1) is 18.2. The van der Waals surface area contributed by atoms with Crippen LogP contribution in [0.1, 0.15) is 39.0 Å². The first-order chi connectivity index (χ1) is 11.9. The van der Waals surface area contributed by atoms with Crippen molar-refractivity contribution < 1.29 is 14.4 Å². The summed E-state index contributed by atoms with van der Waals surface area (Å²) < 4.78 is 0. The second-order valence-corrected chi connectivity index (χ2v) is 7.95. The van der Waals surface area contributed by atoms with Crippen LogP contribution in [0, 0.1) is 11.3 Å². The maximum atomic E-state index is 12.9. The minimum atomic E-state index is -0.334. The van der Waals surface area contributed by atoms with E-state index in [0.717, 1.165) is 58.4 Å². The molecule has 0 aromatic rings. The standard InChI is InChI=1S/C18H30N4O3/c1-2-21-13-18(10-16(21)24)5-8-22(9-6-18)17(25)14-4-3-7-20(11-14)12-15(19)23/h14H,2-13H2,1H3,(H2,19,23)/t14-/m0/s1. The molecule has 3 aliphatic rings. The molecule has 0 aromatic heterocycles. The van der Waals surface area contributed by atoms with Crippen molar-refractivity contribution in [3.8, 4) is 0 Å². The highest BCUT2D eigenvalue weighted by atomic mass is 16.2. The molecule has 7 nitrogen and oxygen atoms in total. The Balaban J connectivity index is 1.53. The molecule has 1 spiro atoms. The lowest BCUT2D eigenvalue weighted by Gasteiger charge is -2.41. The van der Waals surface area contributed by atoms with Gasteiger partial charge in [0.1, 0.15) is 0 Å². The summed E-state index contributed by atoms with van der Waals surface area (Å²) in [6, 6.07) is 0. The van der Waals surface area contributed by atoms with Crippen LogP contribution in [0.5, 0.6) is 0 Å². The van der Waals surface area contributed by atoms with E-state index in [-0.39, 0.29) is 35.6 Å². The fourth-order valence-corrected chi connectivity index (χ4v) is 4.69. The highest BCUT2D eigenvalue weighted by molar-refractivity contribution is 5.81. The predicted molar refractivity (Wildman–Crippen MR) is 93.5 cm³/mol. The molecular weight excluding hydrogens is 320 g/mol. The number of piperidine rings is 2. The number of hydrogen-bond donors (Lipinski definition) is 1. The van der Waals surface area contributed by atoms with Crippen molar-refractivity contribution in [2.45, 2.75) is 39.0 Å². The predicted octanol–water partition coefficient (Wildman–Crippen LogP) is 0.0447. The molecule has 0 bridgehead atoms. The molecule has 25 heavy (non-hydrogen) atoms. The summed E-state index contributed by atoms with van der Waals surface area (Å²) >= 11 is 0. The van der Waals surface area contributed by atoms with Crippen molar-refractivity contribution in [3.05, 3.63) is 0 Å². The van der Waals surface area contributed by atoms with E-state index in [2.05, 4.69) is 0 Å². The quantitative estimate of drug-likeness (QED) is 0.776. The average molecular weight is 350 g/mol. The SMILES string of the molecule is CCN1CC2(CCN(C(=O)[C@H]3CCCN(CC(N)=O)C3)CC2)CC1=O. The normalized spacial score (nSPS) is 27.1. The fraction of sp³-hybridized carbons (Fsp3) is 0.833. The highest BCUT2D eigenvalue weighted by Crippen LogP contribution is 2.41. The number of likely N-dealkylation sites (tertiary alicyclic amines) is 3. The minimum Gasteiger partial charge on any atom is -0.369 e. The Kier molecular flexibility index (Phi) is 5.32. The maximum Gasteiger partial charge on any atom is 0.231 e. The van der Waals surface area contributed by atoms with Crippen LogP contribution in [0.3, 0.4) is 0 Å². The molecule has 0 unspecified atom stereocenters. The van der Waals surface area contributed by atoms with Gasteiger partial charge in [-0.2, -0.15) is 0 Å². The van der Waals surface area contributed by atoms with Crippen molar-refractivity contribution in [1.29, 1.82) is 0 Å². The molecule has 3 fully saturated rings. The number of primary amides is 1. The van der Waals surface area contributed by atoms with Gasteiger partial charge < -0.3 is 15.5 Å². The number of hydrogen-bond acceptors (Lipinski definition) is 4. The van der Waals surface area contributed by atoms with E-state index >= 15 is 0 Å². The first-order valence-electron chi connectivity index (χ1n) is 9.50. The summed E-state index contributed by atoms with van der Waals surface area (Å²) in [5.41, 5.74) is 5.36. The van der Waals surface area contributed by atoms with Gasteiger partial charge in [0.2, 0.25) is 17.7 Å². The summed E-state index contributed by atoms with van der Waals surface area (Å²) in [7, 11) is 0. The van der Waals surface area contributed by atoms with Crippen molar-refractivity contribution in [1.82, 2.24) is 14.7 Å². The minimum absolute atomic E-state index is 0.0282. The Labute approximate surface area is 149 Å². The van der Waals surface area contributed by atoms with E-state index in [1.54, 1.807) is 0 Å². The van der Waals surface area contributed by atoms with Gasteiger partial charge >= 0.3 is 0 Å². The van der Waals surface area contributed by atoms with Crippen LogP contribution in [-0.4, -0.2) is 78.2 Å². The van der Waals surface area contributed by atoms with Crippen LogP contribution in [-0.2, 0) is 14.4 Å². The molecule has 3 heterocycles. The summed E-state index contributed by atoms with van der Waals surface area (Å²) in [6.45, 7) is 6.85. The summed E-state index contributed by atoms with van der Waals surface area (Å²) in [4.78, 5) is 42.0. The van der Waals surface area contributed by atoms with Crippen molar-refractivity contribution in [2.24, 2.45) is 17.1 Å². The molecule has 3 rings (SSSR count). The van der Waals surface area contributed by atoms with Crippen LogP contribution >= 0.6 is 0 Å². The van der Waals surface area contributed by atoms with Crippen LogP contribution in [0.4, 0.5) is 0 Å². The summed E-state index contributed by atoms with van der Waals surface area (Å²) in [5, 5.41) is 0. The Morgan fingerprint density at radius 1 is 1.24 bits per heavy atom. The summed E-state index contributed by atoms with van der Waals surface area (Å²) in [6.07, 6.45) is 4.29. The van der Waals surface area contributed by atoms with E-state index in [1.165, 1.54) is 0 Å². The molecule has 1 atom stereocenters. The third kappa shape index (κ3) is 3.97. The second kappa shape index (κ2) is 7.32. The molecule has 0 aliphatic carbocycles. The Bertz CT molecular complexity index is 542. The average Bonchev–Trinajstić information content (AvgIpc) is 2.90. The Morgan fingerprint density at radius 2 is 1.96 bits per heavy atom. The molecule has 0 saturated carbocycles. The van der Waals surface area contributed by atoms with Gasteiger partial charge in [0.15, 0.2) is 0 Å². The van der Waals surface area contributed by atoms with E-state index < -0.39 is 0 Å². The van der Waals surface area contributed by atoms with E-state index in [1.807, 2.05) is 21.6 Å². The monoisotopic (exact) mass is 350 g/mol. The van der Waals surface area contributed by atoms with Crippen LogP contribution in [0.25, 0.3) is 0 Å². The molecule has 0 aromatic carbocycles. The molecular formula is C18H30N4O3. The van der Waals surface area contributed by atoms with Crippen LogP contribution < -0.4 is 5.73 Å². The first-order valence-corrected chi connectivity index (χ1v) is 9.50. The molecule has 2 N–H and O–H groups in total. The van der Waals surface area contributed by atoms with Gasteiger partial charge in [-0.25, -0.2) is 0 Å². The molecule has 7 heteroatoms. The third-order valence-corrected chi connectivity index (χ3v) is 6.16. The zero-order valence-electron chi connectivity index (χ0n) is 15.2. The van der Waals surface area contributed by atoms with Crippen LogP contribution in [0.2, 0.25) is 0 Å². The molecule has 3 amide bonds. The number of rotatable bonds is 4. The lowest BCUT2D eigenvalue weighted by molar-refractivity contribution is -0.140. The van der Waals surface area contributed by atoms with Gasteiger partial charge in [0.05, 0.1) is 12.5 Å². The molecule has 3 aliphatic heterocycles.